The van der Waals surface area contributed by atoms with Crippen LogP contribution in [-0.4, -0.2) is 29.0 Å². The normalized spacial score (nSPS) is 10.1. The van der Waals surface area contributed by atoms with E-state index in [9.17, 15) is 4.79 Å². The second-order valence-corrected chi connectivity index (χ2v) is 4.84. The number of nitrogens with one attached hydrogen (secondary N) is 1. The predicted molar refractivity (Wildman–Crippen MR) is 83.9 cm³/mol. The molecule has 0 aliphatic rings. The molecule has 1 heterocycles. The number of urea groups is 1. The highest BCUT2D eigenvalue weighted by atomic mass is 16.2. The first-order valence-electron chi connectivity index (χ1n) is 7.25. The van der Waals surface area contributed by atoms with Crippen molar-refractivity contribution < 1.29 is 4.79 Å². The van der Waals surface area contributed by atoms with Crippen LogP contribution in [0, 0.1) is 0 Å². The Hall–Kier alpha value is -2.36. The summed E-state index contributed by atoms with van der Waals surface area (Å²) in [7, 11) is 0. The summed E-state index contributed by atoms with van der Waals surface area (Å²) in [5.41, 5.74) is 2.32. The van der Waals surface area contributed by atoms with Crippen LogP contribution in [-0.2, 0) is 13.0 Å². The Morgan fingerprint density at radius 1 is 1.10 bits per heavy atom. The summed E-state index contributed by atoms with van der Waals surface area (Å²) >= 11 is 0. The van der Waals surface area contributed by atoms with Gasteiger partial charge >= 0.3 is 6.03 Å². The van der Waals surface area contributed by atoms with Gasteiger partial charge in [-0.25, -0.2) is 4.79 Å². The third-order valence-corrected chi connectivity index (χ3v) is 3.32. The van der Waals surface area contributed by atoms with E-state index in [1.165, 1.54) is 5.56 Å². The lowest BCUT2D eigenvalue weighted by Gasteiger charge is -2.21. The number of nitrogens with zero attached hydrogens (tertiary/aromatic N) is 2. The highest BCUT2D eigenvalue weighted by Crippen LogP contribution is 2.04. The van der Waals surface area contributed by atoms with Gasteiger partial charge in [0.05, 0.1) is 0 Å². The molecule has 0 atom stereocenters. The van der Waals surface area contributed by atoms with Crippen LogP contribution < -0.4 is 5.32 Å². The first kappa shape index (κ1) is 15.0. The van der Waals surface area contributed by atoms with Gasteiger partial charge in [0.15, 0.2) is 0 Å². The first-order valence-corrected chi connectivity index (χ1v) is 7.25. The Morgan fingerprint density at radius 3 is 2.48 bits per heavy atom. The summed E-state index contributed by atoms with van der Waals surface area (Å²) in [5, 5.41) is 2.97. The van der Waals surface area contributed by atoms with E-state index in [4.69, 9.17) is 0 Å². The molecule has 1 N–H and O–H groups in total. The standard InChI is InChI=1S/C17H21N3O/c1-2-20(14-16-6-4-3-5-7-16)17(21)19-13-10-15-8-11-18-12-9-15/h3-9,11-12H,2,10,13-14H2,1H3,(H,19,21). The lowest BCUT2D eigenvalue weighted by Crippen LogP contribution is -2.40. The Bertz CT molecular complexity index is 542. The Morgan fingerprint density at radius 2 is 1.81 bits per heavy atom. The molecular weight excluding hydrogens is 262 g/mol. The van der Waals surface area contributed by atoms with Crippen LogP contribution in [0.15, 0.2) is 54.9 Å². The van der Waals surface area contributed by atoms with Gasteiger partial charge in [-0.2, -0.15) is 0 Å². The van der Waals surface area contributed by atoms with Crippen molar-refractivity contribution in [1.29, 1.82) is 0 Å². The molecule has 0 radical (unpaired) electrons. The maximum atomic E-state index is 12.2. The smallest absolute Gasteiger partial charge is 0.317 e. The van der Waals surface area contributed by atoms with Crippen molar-refractivity contribution >= 4 is 6.03 Å². The molecule has 4 heteroatoms. The minimum atomic E-state index is -0.0181. The van der Waals surface area contributed by atoms with Crippen molar-refractivity contribution in [1.82, 2.24) is 15.2 Å². The zero-order valence-electron chi connectivity index (χ0n) is 12.3. The lowest BCUT2D eigenvalue weighted by atomic mass is 10.2. The largest absolute Gasteiger partial charge is 0.338 e. The molecule has 0 spiro atoms. The van der Waals surface area contributed by atoms with Gasteiger partial charge in [0.25, 0.3) is 0 Å². The van der Waals surface area contributed by atoms with E-state index < -0.39 is 0 Å². The van der Waals surface area contributed by atoms with E-state index in [1.54, 1.807) is 12.4 Å². The third kappa shape index (κ3) is 4.91. The quantitative estimate of drug-likeness (QED) is 0.886. The van der Waals surface area contributed by atoms with Crippen molar-refractivity contribution in [3.8, 4) is 0 Å². The van der Waals surface area contributed by atoms with Crippen molar-refractivity contribution in [2.75, 3.05) is 13.1 Å². The number of rotatable bonds is 6. The monoisotopic (exact) mass is 283 g/mol. The number of carbonyl (C=O) groups excluding carboxylic acids is 1. The molecule has 0 aliphatic carbocycles. The van der Waals surface area contributed by atoms with Crippen LogP contribution >= 0.6 is 0 Å². The molecular formula is C17H21N3O. The molecule has 2 rings (SSSR count). The highest BCUT2D eigenvalue weighted by Gasteiger charge is 2.11. The summed E-state index contributed by atoms with van der Waals surface area (Å²) in [6.07, 6.45) is 4.35. The van der Waals surface area contributed by atoms with Crippen molar-refractivity contribution in [2.45, 2.75) is 19.9 Å². The molecule has 1 aromatic carbocycles. The molecule has 110 valence electrons. The number of hydrogen-bond acceptors (Lipinski definition) is 2. The number of amides is 2. The van der Waals surface area contributed by atoms with Crippen LogP contribution in [0.2, 0.25) is 0 Å². The first-order chi connectivity index (χ1) is 10.3. The molecule has 0 unspecified atom stereocenters. The minimum Gasteiger partial charge on any atom is -0.338 e. The SMILES string of the molecule is CCN(Cc1ccccc1)C(=O)NCCc1ccncc1. The Labute approximate surface area is 125 Å². The van der Waals surface area contributed by atoms with Crippen LogP contribution in [0.1, 0.15) is 18.1 Å². The van der Waals surface area contributed by atoms with E-state index in [0.29, 0.717) is 19.6 Å². The zero-order valence-corrected chi connectivity index (χ0v) is 12.3. The van der Waals surface area contributed by atoms with E-state index in [0.717, 1.165) is 12.0 Å². The van der Waals surface area contributed by atoms with Crippen molar-refractivity contribution in [2.24, 2.45) is 0 Å². The average molecular weight is 283 g/mol. The van der Waals surface area contributed by atoms with Gasteiger partial charge in [-0.05, 0) is 36.6 Å². The van der Waals surface area contributed by atoms with Crippen LogP contribution in [0.4, 0.5) is 4.79 Å². The molecule has 1 aromatic heterocycles. The second kappa shape index (κ2) is 8.04. The van der Waals surface area contributed by atoms with E-state index in [1.807, 2.05) is 54.3 Å². The van der Waals surface area contributed by atoms with E-state index in [2.05, 4.69) is 10.3 Å². The average Bonchev–Trinajstić information content (AvgIpc) is 2.54. The second-order valence-electron chi connectivity index (χ2n) is 4.84. The Balaban J connectivity index is 1.80. The molecule has 2 amide bonds. The number of hydrogen-bond donors (Lipinski definition) is 1. The summed E-state index contributed by atoms with van der Waals surface area (Å²) in [5.74, 6) is 0. The Kier molecular flexibility index (Phi) is 5.76. The number of aromatic nitrogens is 1. The molecule has 21 heavy (non-hydrogen) atoms. The molecule has 0 fully saturated rings. The summed E-state index contributed by atoms with van der Waals surface area (Å²) in [6.45, 7) is 3.95. The van der Waals surface area contributed by atoms with Gasteiger partial charge in [0.1, 0.15) is 0 Å². The highest BCUT2D eigenvalue weighted by molar-refractivity contribution is 5.74. The van der Waals surface area contributed by atoms with E-state index >= 15 is 0 Å². The minimum absolute atomic E-state index is 0.0181. The summed E-state index contributed by atoms with van der Waals surface area (Å²) in [6, 6.07) is 13.9. The van der Waals surface area contributed by atoms with Crippen molar-refractivity contribution in [3.63, 3.8) is 0 Å². The molecule has 2 aromatic rings. The number of carbonyl (C=O) groups is 1. The lowest BCUT2D eigenvalue weighted by molar-refractivity contribution is 0.198. The van der Waals surface area contributed by atoms with Gasteiger partial charge in [-0.15, -0.1) is 0 Å². The molecule has 0 bridgehead atoms. The number of benzene rings is 1. The van der Waals surface area contributed by atoms with Gasteiger partial charge in [0.2, 0.25) is 0 Å². The van der Waals surface area contributed by atoms with E-state index in [-0.39, 0.29) is 6.03 Å². The fraction of sp³-hybridized carbons (Fsp3) is 0.294. The van der Waals surface area contributed by atoms with Gasteiger partial charge in [-0.1, -0.05) is 30.3 Å². The maximum Gasteiger partial charge on any atom is 0.317 e. The zero-order chi connectivity index (χ0) is 14.9. The van der Waals surface area contributed by atoms with Gasteiger partial charge in [-0.3, -0.25) is 4.98 Å². The fourth-order valence-electron chi connectivity index (χ4n) is 2.11. The fourth-order valence-corrected chi connectivity index (χ4v) is 2.11. The topological polar surface area (TPSA) is 45.2 Å². The molecule has 0 saturated heterocycles. The van der Waals surface area contributed by atoms with Crippen LogP contribution in [0.25, 0.3) is 0 Å². The molecule has 4 nitrogen and oxygen atoms in total. The van der Waals surface area contributed by atoms with Crippen molar-refractivity contribution in [3.05, 3.63) is 66.0 Å². The van der Waals surface area contributed by atoms with Crippen LogP contribution in [0.5, 0.6) is 0 Å². The summed E-state index contributed by atoms with van der Waals surface area (Å²) in [4.78, 5) is 18.0. The predicted octanol–water partition coefficient (Wildman–Crippen LogP) is 2.86. The molecule has 0 saturated carbocycles. The van der Waals surface area contributed by atoms with Gasteiger partial charge < -0.3 is 10.2 Å². The van der Waals surface area contributed by atoms with Gasteiger partial charge in [0, 0.05) is 32.0 Å². The molecule has 0 aliphatic heterocycles. The number of pyridine rings is 1. The maximum absolute atomic E-state index is 12.2. The summed E-state index contributed by atoms with van der Waals surface area (Å²) < 4.78 is 0. The third-order valence-electron chi connectivity index (χ3n) is 3.32. The van der Waals surface area contributed by atoms with Crippen LogP contribution in [0.3, 0.4) is 0 Å².